The van der Waals surface area contributed by atoms with E-state index in [0.717, 1.165) is 32.1 Å². The Labute approximate surface area is 190 Å². The van der Waals surface area contributed by atoms with E-state index in [2.05, 4.69) is 26.1 Å². The van der Waals surface area contributed by atoms with E-state index in [0.29, 0.717) is 52.8 Å². The monoisotopic (exact) mass is 433 g/mol. The van der Waals surface area contributed by atoms with Gasteiger partial charge in [0, 0.05) is 12.5 Å². The Morgan fingerprint density at radius 2 is 1.65 bits per heavy atom. The van der Waals surface area contributed by atoms with Crippen molar-refractivity contribution in [1.29, 1.82) is 0 Å². The standard InChI is InChI=1S/C27H47NO3/c1-16(2)28-24(31)9-6-17(3)20-7-8-21-25-22(11-13-27(20,21)5)26(4)12-10-19(29)14-18(26)15-23(25)30/h16-23,25,29-30H,6-15H2,1-5H3,(H,28,31)/t17-,18?,19-,20?,21?,22?,23+,25?,26+,27-/m1/s1. The highest BCUT2D eigenvalue weighted by Crippen LogP contribution is 2.68. The Bertz CT molecular complexity index is 665. The first-order chi connectivity index (χ1) is 14.6. The molecule has 0 aromatic heterocycles. The second kappa shape index (κ2) is 8.63. The molecule has 4 nitrogen and oxygen atoms in total. The van der Waals surface area contributed by atoms with Crippen LogP contribution in [0.25, 0.3) is 0 Å². The van der Waals surface area contributed by atoms with E-state index in [-0.39, 0.29) is 24.2 Å². The molecule has 4 heteroatoms. The Balaban J connectivity index is 1.47. The molecule has 1 amide bonds. The minimum absolute atomic E-state index is 0.166. The smallest absolute Gasteiger partial charge is 0.220 e. The zero-order valence-corrected chi connectivity index (χ0v) is 20.6. The number of nitrogens with one attached hydrogen (secondary N) is 1. The van der Waals surface area contributed by atoms with Gasteiger partial charge in [0.2, 0.25) is 5.91 Å². The lowest BCUT2D eigenvalue weighted by molar-refractivity contribution is -0.174. The molecule has 0 aromatic rings. The minimum atomic E-state index is -0.205. The van der Waals surface area contributed by atoms with Crippen LogP contribution < -0.4 is 5.32 Å². The third kappa shape index (κ3) is 4.09. The van der Waals surface area contributed by atoms with Crippen LogP contribution in [-0.4, -0.2) is 34.4 Å². The van der Waals surface area contributed by atoms with Gasteiger partial charge in [0.1, 0.15) is 0 Å². The summed E-state index contributed by atoms with van der Waals surface area (Å²) >= 11 is 0. The van der Waals surface area contributed by atoms with Crippen molar-refractivity contribution in [3.63, 3.8) is 0 Å². The molecule has 0 aliphatic heterocycles. The van der Waals surface area contributed by atoms with Crippen molar-refractivity contribution < 1.29 is 15.0 Å². The molecule has 0 saturated heterocycles. The Hall–Kier alpha value is -0.610. The fourth-order valence-corrected chi connectivity index (χ4v) is 9.13. The molecule has 4 aliphatic carbocycles. The second-order valence-electron chi connectivity index (χ2n) is 12.7. The van der Waals surface area contributed by atoms with Gasteiger partial charge in [0.25, 0.3) is 0 Å². The first kappa shape index (κ1) is 23.5. The summed E-state index contributed by atoms with van der Waals surface area (Å²) in [5.41, 5.74) is 0.594. The summed E-state index contributed by atoms with van der Waals surface area (Å²) < 4.78 is 0. The number of aliphatic hydroxyl groups excluding tert-OH is 2. The van der Waals surface area contributed by atoms with Crippen molar-refractivity contribution in [2.75, 3.05) is 0 Å². The highest BCUT2D eigenvalue weighted by atomic mass is 16.3. The number of hydrogen-bond donors (Lipinski definition) is 3. The summed E-state index contributed by atoms with van der Waals surface area (Å²) in [6.45, 7) is 11.4. The fraction of sp³-hybridized carbons (Fsp3) is 0.963. The van der Waals surface area contributed by atoms with Crippen LogP contribution >= 0.6 is 0 Å². The average molecular weight is 434 g/mol. The Kier molecular flexibility index (Phi) is 6.55. The van der Waals surface area contributed by atoms with Crippen LogP contribution in [0.1, 0.15) is 98.8 Å². The number of fused-ring (bicyclic) bond motifs is 5. The Morgan fingerprint density at radius 1 is 0.968 bits per heavy atom. The van der Waals surface area contributed by atoms with Crippen molar-refractivity contribution in [2.45, 2.75) is 117 Å². The number of aliphatic hydroxyl groups is 2. The molecule has 0 heterocycles. The lowest BCUT2D eigenvalue weighted by Gasteiger charge is -2.62. The first-order valence-electron chi connectivity index (χ1n) is 13.2. The van der Waals surface area contributed by atoms with E-state index in [1.807, 2.05) is 13.8 Å². The van der Waals surface area contributed by atoms with Crippen molar-refractivity contribution in [3.8, 4) is 0 Å². The largest absolute Gasteiger partial charge is 0.393 e. The van der Waals surface area contributed by atoms with Gasteiger partial charge in [0.15, 0.2) is 0 Å². The van der Waals surface area contributed by atoms with E-state index >= 15 is 0 Å². The lowest BCUT2D eigenvalue weighted by Crippen LogP contribution is -2.58. The molecule has 31 heavy (non-hydrogen) atoms. The Morgan fingerprint density at radius 3 is 2.35 bits per heavy atom. The zero-order chi connectivity index (χ0) is 22.6. The number of carbonyl (C=O) groups is 1. The second-order valence-corrected chi connectivity index (χ2v) is 12.7. The van der Waals surface area contributed by atoms with Gasteiger partial charge in [-0.05, 0) is 118 Å². The van der Waals surface area contributed by atoms with Crippen LogP contribution in [0.5, 0.6) is 0 Å². The maximum atomic E-state index is 12.2. The molecule has 4 aliphatic rings. The van der Waals surface area contributed by atoms with E-state index < -0.39 is 0 Å². The molecule has 3 N–H and O–H groups in total. The molecule has 0 bridgehead atoms. The summed E-state index contributed by atoms with van der Waals surface area (Å²) in [4.78, 5) is 12.2. The topological polar surface area (TPSA) is 69.6 Å². The van der Waals surface area contributed by atoms with Gasteiger partial charge in [-0.3, -0.25) is 4.79 Å². The molecule has 4 saturated carbocycles. The molecule has 0 radical (unpaired) electrons. The predicted octanol–water partition coefficient (Wildman–Crippen LogP) is 4.92. The van der Waals surface area contributed by atoms with E-state index in [9.17, 15) is 15.0 Å². The SMILES string of the molecule is CC(C)NC(=O)CC[C@@H](C)C1CCC2C3C(CC[C@@]21C)[C@@]1(C)CC[C@@H](O)CC1C[C@@H]3O. The number of rotatable bonds is 5. The maximum Gasteiger partial charge on any atom is 0.220 e. The quantitative estimate of drug-likeness (QED) is 0.576. The van der Waals surface area contributed by atoms with Crippen LogP contribution in [0, 0.1) is 46.3 Å². The molecular formula is C27H47NO3. The van der Waals surface area contributed by atoms with Crippen LogP contribution in [0.15, 0.2) is 0 Å². The van der Waals surface area contributed by atoms with Crippen molar-refractivity contribution in [3.05, 3.63) is 0 Å². The highest BCUT2D eigenvalue weighted by Gasteiger charge is 2.62. The maximum absolute atomic E-state index is 12.2. The van der Waals surface area contributed by atoms with Crippen LogP contribution in [0.2, 0.25) is 0 Å². The fourth-order valence-electron chi connectivity index (χ4n) is 9.13. The summed E-state index contributed by atoms with van der Waals surface area (Å²) in [6.07, 6.45) is 10.1. The molecular weight excluding hydrogens is 386 g/mol. The molecule has 10 atom stereocenters. The zero-order valence-electron chi connectivity index (χ0n) is 20.6. The third-order valence-electron chi connectivity index (χ3n) is 10.7. The number of amides is 1. The van der Waals surface area contributed by atoms with Crippen molar-refractivity contribution in [1.82, 2.24) is 5.32 Å². The van der Waals surface area contributed by atoms with Crippen molar-refractivity contribution in [2.24, 2.45) is 46.3 Å². The van der Waals surface area contributed by atoms with Gasteiger partial charge in [-0.1, -0.05) is 20.8 Å². The van der Waals surface area contributed by atoms with E-state index in [1.54, 1.807) is 0 Å². The van der Waals surface area contributed by atoms with Crippen LogP contribution in [0.3, 0.4) is 0 Å². The third-order valence-corrected chi connectivity index (χ3v) is 10.7. The van der Waals surface area contributed by atoms with Gasteiger partial charge in [-0.2, -0.15) is 0 Å². The first-order valence-corrected chi connectivity index (χ1v) is 13.2. The molecule has 0 aromatic carbocycles. The van der Waals surface area contributed by atoms with Gasteiger partial charge >= 0.3 is 0 Å². The van der Waals surface area contributed by atoms with E-state index in [1.165, 1.54) is 25.7 Å². The summed E-state index contributed by atoms with van der Waals surface area (Å²) in [7, 11) is 0. The van der Waals surface area contributed by atoms with Crippen LogP contribution in [-0.2, 0) is 4.79 Å². The molecule has 5 unspecified atom stereocenters. The minimum Gasteiger partial charge on any atom is -0.393 e. The summed E-state index contributed by atoms with van der Waals surface area (Å²) in [5.74, 6) is 3.53. The van der Waals surface area contributed by atoms with Gasteiger partial charge in [-0.15, -0.1) is 0 Å². The number of carbonyl (C=O) groups excluding carboxylic acids is 1. The van der Waals surface area contributed by atoms with Crippen LogP contribution in [0.4, 0.5) is 0 Å². The van der Waals surface area contributed by atoms with Gasteiger partial charge in [-0.25, -0.2) is 0 Å². The summed E-state index contributed by atoms with van der Waals surface area (Å²) in [6, 6.07) is 0.213. The number of hydrogen-bond acceptors (Lipinski definition) is 3. The van der Waals surface area contributed by atoms with Gasteiger partial charge in [0.05, 0.1) is 12.2 Å². The molecule has 4 fully saturated rings. The van der Waals surface area contributed by atoms with Gasteiger partial charge < -0.3 is 15.5 Å². The lowest BCUT2D eigenvalue weighted by atomic mass is 9.43. The predicted molar refractivity (Wildman–Crippen MR) is 124 cm³/mol. The van der Waals surface area contributed by atoms with E-state index in [4.69, 9.17) is 0 Å². The average Bonchev–Trinajstić information content (AvgIpc) is 3.04. The molecule has 4 rings (SSSR count). The molecule has 178 valence electrons. The molecule has 0 spiro atoms. The van der Waals surface area contributed by atoms with Crippen molar-refractivity contribution >= 4 is 5.91 Å². The normalized spacial score (nSPS) is 47.9. The highest BCUT2D eigenvalue weighted by molar-refractivity contribution is 5.76. The summed E-state index contributed by atoms with van der Waals surface area (Å²) in [5, 5.41) is 24.7.